The maximum Gasteiger partial charge on any atom is 0.569 e. The molecule has 0 saturated carbocycles. The van der Waals surface area contributed by atoms with E-state index in [0.717, 1.165) is 10.9 Å². The molecule has 1 heterocycles. The average molecular weight is 175 g/mol. The predicted octanol–water partition coefficient (Wildman–Crippen LogP) is 0.479. The molecule has 1 radical (unpaired) electrons. The summed E-state index contributed by atoms with van der Waals surface area (Å²) in [5.41, 5.74) is 0.972. The Hall–Kier alpha value is -1.49. The Labute approximate surface area is 76.1 Å². The zero-order chi connectivity index (χ0) is 9.26. The Morgan fingerprint density at radius 2 is 2.38 bits per heavy atom. The molecule has 2 aromatic rings. The van der Waals surface area contributed by atoms with Crippen molar-refractivity contribution in [2.75, 3.05) is 0 Å². The van der Waals surface area contributed by atoms with Crippen LogP contribution in [-0.2, 0) is 7.05 Å². The van der Waals surface area contributed by atoms with E-state index in [1.54, 1.807) is 16.9 Å². The lowest BCUT2D eigenvalue weighted by atomic mass is 10.2. The van der Waals surface area contributed by atoms with E-state index in [4.69, 9.17) is 9.68 Å². The number of aryl methyl sites for hydroxylation is 1. The van der Waals surface area contributed by atoms with Crippen molar-refractivity contribution in [1.29, 1.82) is 0 Å². The quantitative estimate of drug-likeness (QED) is 0.675. The Bertz CT molecular complexity index is 427. The third-order valence-electron chi connectivity index (χ3n) is 1.93. The van der Waals surface area contributed by atoms with E-state index in [1.165, 1.54) is 0 Å². The van der Waals surface area contributed by atoms with E-state index in [0.29, 0.717) is 13.4 Å². The van der Waals surface area contributed by atoms with E-state index in [2.05, 4.69) is 5.10 Å². The Kier molecular flexibility index (Phi) is 1.94. The van der Waals surface area contributed by atoms with Gasteiger partial charge in [-0.25, -0.2) is 0 Å². The smallest absolute Gasteiger partial charge is 0.537 e. The second-order valence-electron chi connectivity index (χ2n) is 2.68. The van der Waals surface area contributed by atoms with Crippen LogP contribution in [0.2, 0.25) is 0 Å². The molecule has 2 rings (SSSR count). The monoisotopic (exact) mass is 175 g/mol. The van der Waals surface area contributed by atoms with Gasteiger partial charge in [0.25, 0.3) is 0 Å². The van der Waals surface area contributed by atoms with Gasteiger partial charge in [-0.1, -0.05) is 6.07 Å². The molecule has 0 bridgehead atoms. The number of rotatable bonds is 2. The number of hydrogen-bond donors (Lipinski definition) is 1. The van der Waals surface area contributed by atoms with Gasteiger partial charge in [-0.05, 0) is 12.1 Å². The molecule has 5 heteroatoms. The minimum atomic E-state index is 0.605. The van der Waals surface area contributed by atoms with Crippen LogP contribution in [-0.4, -0.2) is 22.5 Å². The average Bonchev–Trinajstić information content (AvgIpc) is 2.50. The number of aromatic nitrogens is 2. The summed E-state index contributed by atoms with van der Waals surface area (Å²) in [5.74, 6) is 0.605. The molecule has 65 valence electrons. The van der Waals surface area contributed by atoms with Crippen LogP contribution in [0.25, 0.3) is 10.9 Å². The van der Waals surface area contributed by atoms with Crippen LogP contribution in [0.4, 0.5) is 0 Å². The summed E-state index contributed by atoms with van der Waals surface area (Å²) in [6.07, 6.45) is 1.70. The predicted molar refractivity (Wildman–Crippen MR) is 49.3 cm³/mol. The van der Waals surface area contributed by atoms with E-state index >= 15 is 0 Å². The third kappa shape index (κ3) is 1.27. The lowest BCUT2D eigenvalue weighted by Crippen LogP contribution is -1.99. The first-order valence-corrected chi connectivity index (χ1v) is 3.86. The van der Waals surface area contributed by atoms with Crippen molar-refractivity contribution in [1.82, 2.24) is 9.78 Å². The summed E-state index contributed by atoms with van der Waals surface area (Å²) in [5, 5.41) is 13.5. The summed E-state index contributed by atoms with van der Waals surface area (Å²) < 4.78 is 6.66. The van der Waals surface area contributed by atoms with Crippen LogP contribution in [0.15, 0.2) is 24.4 Å². The molecule has 0 aliphatic carbocycles. The SMILES string of the molecule is Cn1ncc2c(O[B]O)cccc21. The van der Waals surface area contributed by atoms with Gasteiger partial charge in [0.1, 0.15) is 5.75 Å². The van der Waals surface area contributed by atoms with Gasteiger partial charge >= 0.3 is 7.69 Å². The molecule has 13 heavy (non-hydrogen) atoms. The zero-order valence-electron chi connectivity index (χ0n) is 7.14. The van der Waals surface area contributed by atoms with Crippen molar-refractivity contribution in [3.05, 3.63) is 24.4 Å². The Balaban J connectivity index is 2.63. The molecule has 1 N–H and O–H groups in total. The third-order valence-corrected chi connectivity index (χ3v) is 1.93. The largest absolute Gasteiger partial charge is 0.569 e. The van der Waals surface area contributed by atoms with Crippen LogP contribution in [0, 0.1) is 0 Å². The highest BCUT2D eigenvalue weighted by Crippen LogP contribution is 2.23. The first-order chi connectivity index (χ1) is 6.33. The lowest BCUT2D eigenvalue weighted by Gasteiger charge is -2.02. The summed E-state index contributed by atoms with van der Waals surface area (Å²) in [6, 6.07) is 5.56. The summed E-state index contributed by atoms with van der Waals surface area (Å²) in [7, 11) is 2.52. The van der Waals surface area contributed by atoms with Crippen LogP contribution in [0.3, 0.4) is 0 Å². The van der Waals surface area contributed by atoms with Crippen LogP contribution in [0.1, 0.15) is 0 Å². The maximum absolute atomic E-state index is 8.51. The normalized spacial score (nSPS) is 10.3. The molecule has 0 unspecified atom stereocenters. The fourth-order valence-electron chi connectivity index (χ4n) is 1.31. The van der Waals surface area contributed by atoms with Gasteiger partial charge in [-0.2, -0.15) is 5.10 Å². The second-order valence-corrected chi connectivity index (χ2v) is 2.68. The fourth-order valence-corrected chi connectivity index (χ4v) is 1.31. The highest BCUT2D eigenvalue weighted by Gasteiger charge is 2.05. The highest BCUT2D eigenvalue weighted by molar-refractivity contribution is 6.18. The first-order valence-electron chi connectivity index (χ1n) is 3.86. The van der Waals surface area contributed by atoms with E-state index in [1.807, 2.05) is 19.2 Å². The second kappa shape index (κ2) is 3.10. The zero-order valence-corrected chi connectivity index (χ0v) is 7.14. The van der Waals surface area contributed by atoms with E-state index in [-0.39, 0.29) is 0 Å². The standard InChI is InChI=1S/C8H8BN2O2/c1-11-7-3-2-4-8(13-9-12)6(7)5-10-11/h2-5,12H,1H3. The molecule has 1 aromatic heterocycles. The molecule has 0 spiro atoms. The molecular weight excluding hydrogens is 167 g/mol. The molecule has 4 nitrogen and oxygen atoms in total. The topological polar surface area (TPSA) is 47.3 Å². The van der Waals surface area contributed by atoms with Crippen LogP contribution >= 0.6 is 0 Å². The van der Waals surface area contributed by atoms with Crippen LogP contribution in [0.5, 0.6) is 5.75 Å². The highest BCUT2D eigenvalue weighted by atomic mass is 16.5. The molecular formula is C8H8BN2O2. The molecule has 0 fully saturated rings. The minimum Gasteiger partial charge on any atom is -0.537 e. The van der Waals surface area contributed by atoms with Gasteiger partial charge in [-0.15, -0.1) is 0 Å². The summed E-state index contributed by atoms with van der Waals surface area (Å²) in [6.45, 7) is 0. The molecule has 0 amide bonds. The Morgan fingerprint density at radius 1 is 1.54 bits per heavy atom. The van der Waals surface area contributed by atoms with Crippen molar-refractivity contribution < 1.29 is 9.68 Å². The van der Waals surface area contributed by atoms with Crippen molar-refractivity contribution in [3.63, 3.8) is 0 Å². The molecule has 0 aliphatic rings. The van der Waals surface area contributed by atoms with Crippen molar-refractivity contribution >= 4 is 18.6 Å². The lowest BCUT2D eigenvalue weighted by molar-refractivity contribution is 0.457. The number of nitrogens with zero attached hydrogens (tertiary/aromatic N) is 2. The van der Waals surface area contributed by atoms with E-state index in [9.17, 15) is 0 Å². The summed E-state index contributed by atoms with van der Waals surface area (Å²) in [4.78, 5) is 0. The van der Waals surface area contributed by atoms with Gasteiger partial charge < -0.3 is 9.68 Å². The molecule has 1 aromatic carbocycles. The van der Waals surface area contributed by atoms with Crippen LogP contribution < -0.4 is 4.65 Å². The van der Waals surface area contributed by atoms with Gasteiger partial charge in [0.2, 0.25) is 0 Å². The van der Waals surface area contributed by atoms with Gasteiger partial charge in [0.05, 0.1) is 17.1 Å². The number of fused-ring (bicyclic) bond motifs is 1. The Morgan fingerprint density at radius 3 is 3.15 bits per heavy atom. The number of hydrogen-bond acceptors (Lipinski definition) is 3. The molecule has 0 atom stereocenters. The van der Waals surface area contributed by atoms with Crippen molar-refractivity contribution in [2.45, 2.75) is 0 Å². The van der Waals surface area contributed by atoms with Crippen molar-refractivity contribution in [3.8, 4) is 5.75 Å². The van der Waals surface area contributed by atoms with E-state index < -0.39 is 0 Å². The molecule has 0 saturated heterocycles. The maximum atomic E-state index is 8.51. The number of benzene rings is 1. The van der Waals surface area contributed by atoms with Crippen molar-refractivity contribution in [2.24, 2.45) is 7.05 Å². The van der Waals surface area contributed by atoms with Gasteiger partial charge in [0, 0.05) is 7.05 Å². The minimum absolute atomic E-state index is 0.605. The molecule has 0 aliphatic heterocycles. The van der Waals surface area contributed by atoms with Gasteiger partial charge in [0.15, 0.2) is 0 Å². The van der Waals surface area contributed by atoms with Gasteiger partial charge in [-0.3, -0.25) is 4.68 Å². The fraction of sp³-hybridized carbons (Fsp3) is 0.125. The first kappa shape index (κ1) is 8.13. The summed E-state index contributed by atoms with van der Waals surface area (Å²) >= 11 is 0.